The van der Waals surface area contributed by atoms with E-state index >= 15 is 0 Å². The maximum Gasteiger partial charge on any atom is 0.262 e. The highest BCUT2D eigenvalue weighted by atomic mass is 35.5. The fourth-order valence-corrected chi connectivity index (χ4v) is 5.40. The third kappa shape index (κ3) is 4.97. The van der Waals surface area contributed by atoms with Crippen LogP contribution in [0.1, 0.15) is 11.3 Å². The van der Waals surface area contributed by atoms with Crippen molar-refractivity contribution in [2.24, 2.45) is 10.1 Å². The number of amides is 1. The van der Waals surface area contributed by atoms with E-state index in [9.17, 15) is 4.79 Å². The summed E-state index contributed by atoms with van der Waals surface area (Å²) < 4.78 is 8.82. The molecule has 1 N–H and O–H groups in total. The van der Waals surface area contributed by atoms with E-state index in [2.05, 4.69) is 15.4 Å². The Morgan fingerprint density at radius 2 is 2.03 bits per heavy atom. The van der Waals surface area contributed by atoms with Gasteiger partial charge in [-0.15, -0.1) is 11.3 Å². The smallest absolute Gasteiger partial charge is 0.262 e. The molecule has 9 nitrogen and oxygen atoms in total. The number of ether oxygens (including phenoxy) is 1. The van der Waals surface area contributed by atoms with Crippen molar-refractivity contribution in [1.82, 2.24) is 19.4 Å². The van der Waals surface area contributed by atoms with Crippen LogP contribution in [0, 0.1) is 6.92 Å². The van der Waals surface area contributed by atoms with Crippen LogP contribution in [0.4, 0.5) is 11.4 Å². The molecule has 0 saturated heterocycles. The molecule has 4 heterocycles. The van der Waals surface area contributed by atoms with E-state index < -0.39 is 0 Å². The second-order valence-electron chi connectivity index (χ2n) is 8.48. The molecule has 0 radical (unpaired) electrons. The second kappa shape index (κ2) is 10.5. The Morgan fingerprint density at radius 1 is 1.15 bits per heavy atom. The fraction of sp³-hybridized carbons (Fsp3) is 0.0741. The van der Waals surface area contributed by atoms with Crippen LogP contribution in [0.3, 0.4) is 0 Å². The monoisotopic (exact) mass is 575 g/mol. The number of thiazole rings is 1. The van der Waals surface area contributed by atoms with Gasteiger partial charge >= 0.3 is 0 Å². The topological polar surface area (TPSA) is 98.7 Å². The maximum atomic E-state index is 11.9. The number of aryl methyl sites for hydroxylation is 1. The van der Waals surface area contributed by atoms with Gasteiger partial charge in [0.15, 0.2) is 6.61 Å². The minimum absolute atomic E-state index is 0.00871. The van der Waals surface area contributed by atoms with E-state index in [-0.39, 0.29) is 12.5 Å². The number of hydrogen-bond donors (Lipinski definition) is 1. The lowest BCUT2D eigenvalue weighted by Gasteiger charge is -2.18. The van der Waals surface area contributed by atoms with Crippen LogP contribution in [-0.2, 0) is 4.79 Å². The van der Waals surface area contributed by atoms with Crippen LogP contribution >= 0.6 is 34.5 Å². The Balaban J connectivity index is 1.47. The fourth-order valence-electron chi connectivity index (χ4n) is 4.02. The van der Waals surface area contributed by atoms with Gasteiger partial charge in [-0.05, 0) is 49.4 Å². The predicted molar refractivity (Wildman–Crippen MR) is 153 cm³/mol. The predicted octanol–water partition coefficient (Wildman–Crippen LogP) is 5.86. The van der Waals surface area contributed by atoms with Crippen molar-refractivity contribution in [3.8, 4) is 22.7 Å². The minimum atomic E-state index is -0.205. The number of halogens is 2. The lowest BCUT2D eigenvalue weighted by molar-refractivity contribution is -0.118. The van der Waals surface area contributed by atoms with Crippen LogP contribution < -0.4 is 14.9 Å². The molecule has 1 aliphatic heterocycles. The lowest BCUT2D eigenvalue weighted by Crippen LogP contribution is -2.25. The first kappa shape index (κ1) is 25.1. The summed E-state index contributed by atoms with van der Waals surface area (Å²) in [6.07, 6.45) is 5.02. The van der Waals surface area contributed by atoms with Gasteiger partial charge in [-0.3, -0.25) is 9.78 Å². The van der Waals surface area contributed by atoms with Gasteiger partial charge in [0, 0.05) is 17.1 Å². The van der Waals surface area contributed by atoms with Crippen molar-refractivity contribution < 1.29 is 9.53 Å². The van der Waals surface area contributed by atoms with Crippen molar-refractivity contribution in [3.63, 3.8) is 0 Å². The number of rotatable bonds is 5. The van der Waals surface area contributed by atoms with E-state index in [1.807, 2.05) is 60.8 Å². The average Bonchev–Trinajstić information content (AvgIpc) is 3.47. The van der Waals surface area contributed by atoms with Crippen LogP contribution in [-0.4, -0.2) is 38.2 Å². The molecule has 0 unspecified atom stereocenters. The van der Waals surface area contributed by atoms with Gasteiger partial charge in [0.25, 0.3) is 5.91 Å². The van der Waals surface area contributed by atoms with Gasteiger partial charge < -0.3 is 10.1 Å². The van der Waals surface area contributed by atoms with Gasteiger partial charge in [0.1, 0.15) is 10.9 Å². The summed E-state index contributed by atoms with van der Waals surface area (Å²) in [5.41, 5.74) is 4.84. The number of carbonyl (C=O) groups is 1. The van der Waals surface area contributed by atoms with Crippen molar-refractivity contribution in [1.29, 1.82) is 0 Å². The van der Waals surface area contributed by atoms with Gasteiger partial charge in [-0.25, -0.2) is 14.4 Å². The molecule has 194 valence electrons. The molecule has 3 aromatic heterocycles. The Morgan fingerprint density at radius 3 is 2.85 bits per heavy atom. The van der Waals surface area contributed by atoms with Crippen molar-refractivity contribution in [3.05, 3.63) is 98.6 Å². The Bertz CT molecular complexity index is 1810. The summed E-state index contributed by atoms with van der Waals surface area (Å²) in [5, 5.41) is 15.1. The third-order valence-corrected chi connectivity index (χ3v) is 7.39. The standard InChI is InChI=1S/C27H19Cl2N7O2S/c1-16-19(26(29)35(34-16)22-7-3-2-6-20(22)28)13-31-36-23(15-39-27(36)32-18-5-4-10-30-12-18)17-8-9-24-21(11-17)33-25(37)14-38-24/h2-13,15H,14H2,1H3,(H,33,37). The van der Waals surface area contributed by atoms with E-state index in [0.29, 0.717) is 49.0 Å². The molecule has 0 bridgehead atoms. The normalized spacial score (nSPS) is 13.4. The Labute approximate surface area is 236 Å². The number of carbonyl (C=O) groups excluding carboxylic acids is 1. The maximum absolute atomic E-state index is 11.9. The first-order valence-electron chi connectivity index (χ1n) is 11.7. The second-order valence-corrected chi connectivity index (χ2v) is 10.1. The molecule has 1 amide bonds. The van der Waals surface area contributed by atoms with Crippen LogP contribution in [0.5, 0.6) is 5.75 Å². The zero-order valence-electron chi connectivity index (χ0n) is 20.4. The molecular formula is C27H19Cl2N7O2S. The molecule has 0 spiro atoms. The molecule has 6 rings (SSSR count). The molecule has 12 heteroatoms. The molecule has 2 aromatic carbocycles. The highest BCUT2D eigenvalue weighted by Crippen LogP contribution is 2.33. The minimum Gasteiger partial charge on any atom is -0.482 e. The number of nitrogens with zero attached hydrogens (tertiary/aromatic N) is 6. The average molecular weight is 576 g/mol. The summed E-state index contributed by atoms with van der Waals surface area (Å²) in [6, 6.07) is 16.6. The third-order valence-electron chi connectivity index (χ3n) is 5.90. The van der Waals surface area contributed by atoms with Gasteiger partial charge in [0.2, 0.25) is 4.80 Å². The molecule has 0 fully saturated rings. The van der Waals surface area contributed by atoms with Crippen LogP contribution in [0.25, 0.3) is 16.9 Å². The number of fused-ring (bicyclic) bond motifs is 1. The molecule has 39 heavy (non-hydrogen) atoms. The van der Waals surface area contributed by atoms with E-state index in [1.54, 1.807) is 34.0 Å². The Hall–Kier alpha value is -4.25. The number of pyridine rings is 1. The largest absolute Gasteiger partial charge is 0.482 e. The summed E-state index contributed by atoms with van der Waals surface area (Å²) in [6.45, 7) is 1.85. The zero-order valence-corrected chi connectivity index (χ0v) is 22.7. The summed E-state index contributed by atoms with van der Waals surface area (Å²) in [4.78, 5) is 21.4. The quantitative estimate of drug-likeness (QED) is 0.265. The number of para-hydroxylation sites is 1. The first-order chi connectivity index (χ1) is 19.0. The van der Waals surface area contributed by atoms with Crippen molar-refractivity contribution in [2.75, 3.05) is 11.9 Å². The molecule has 0 atom stereocenters. The van der Waals surface area contributed by atoms with E-state index in [0.717, 1.165) is 11.3 Å². The van der Waals surface area contributed by atoms with E-state index in [1.165, 1.54) is 11.3 Å². The lowest BCUT2D eigenvalue weighted by atomic mass is 10.1. The van der Waals surface area contributed by atoms with Crippen molar-refractivity contribution in [2.45, 2.75) is 6.92 Å². The van der Waals surface area contributed by atoms with Gasteiger partial charge in [0.05, 0.1) is 51.4 Å². The number of hydrogen-bond acceptors (Lipinski definition) is 7. The Kier molecular flexibility index (Phi) is 6.74. The molecule has 0 saturated carbocycles. The van der Waals surface area contributed by atoms with E-state index in [4.69, 9.17) is 38.0 Å². The SMILES string of the molecule is Cc1nn(-c2ccccc2Cl)c(Cl)c1C=Nn1c(-c2ccc3c(c2)NC(=O)CO3)csc1=Nc1cccnc1. The summed E-state index contributed by atoms with van der Waals surface area (Å²) in [5.74, 6) is 0.405. The van der Waals surface area contributed by atoms with Gasteiger partial charge in [-0.1, -0.05) is 35.3 Å². The number of nitrogens with one attached hydrogen (secondary N) is 1. The first-order valence-corrected chi connectivity index (χ1v) is 13.4. The highest BCUT2D eigenvalue weighted by molar-refractivity contribution is 7.07. The number of benzene rings is 2. The van der Waals surface area contributed by atoms with Crippen LogP contribution in [0.2, 0.25) is 10.2 Å². The van der Waals surface area contributed by atoms with Gasteiger partial charge in [-0.2, -0.15) is 10.2 Å². The summed E-state index contributed by atoms with van der Waals surface area (Å²) >= 11 is 14.6. The molecule has 1 aliphatic rings. The highest BCUT2D eigenvalue weighted by Gasteiger charge is 2.19. The number of aromatic nitrogens is 4. The zero-order chi connectivity index (χ0) is 26.9. The molecule has 0 aliphatic carbocycles. The molecular weight excluding hydrogens is 557 g/mol. The van der Waals surface area contributed by atoms with Crippen LogP contribution in [0.15, 0.2) is 82.5 Å². The number of anilines is 1. The summed E-state index contributed by atoms with van der Waals surface area (Å²) in [7, 11) is 0. The molecule has 5 aromatic rings. The van der Waals surface area contributed by atoms with Crippen molar-refractivity contribution >= 4 is 58.0 Å².